The van der Waals surface area contributed by atoms with Crippen LogP contribution in [0.4, 0.5) is 5.82 Å². The first kappa shape index (κ1) is 17.3. The number of nitrogens with zero attached hydrogens (tertiary/aromatic N) is 4. The Hall–Kier alpha value is -2.54. The van der Waals surface area contributed by atoms with Crippen molar-refractivity contribution in [2.24, 2.45) is 0 Å². The molecule has 0 unspecified atom stereocenters. The predicted octanol–water partition coefficient (Wildman–Crippen LogP) is 1.83. The normalized spacial score (nSPS) is 17.6. The van der Waals surface area contributed by atoms with Crippen LogP contribution in [0, 0.1) is 0 Å². The number of morpholine rings is 1. The van der Waals surface area contributed by atoms with Gasteiger partial charge in [0.1, 0.15) is 11.9 Å². The van der Waals surface area contributed by atoms with E-state index in [0.717, 1.165) is 11.5 Å². The summed E-state index contributed by atoms with van der Waals surface area (Å²) >= 11 is 0. The summed E-state index contributed by atoms with van der Waals surface area (Å²) in [5.41, 5.74) is 0.758. The van der Waals surface area contributed by atoms with Gasteiger partial charge in [0.05, 0.1) is 19.6 Å². The fraction of sp³-hybridized carbons (Fsp3) is 0.444. The zero-order valence-corrected chi connectivity index (χ0v) is 14.6. The largest absolute Gasteiger partial charge is 0.377 e. The van der Waals surface area contributed by atoms with Gasteiger partial charge in [-0.2, -0.15) is 0 Å². The summed E-state index contributed by atoms with van der Waals surface area (Å²) in [6.07, 6.45) is 3.67. The minimum atomic E-state index is -0.279. The quantitative estimate of drug-likeness (QED) is 0.894. The van der Waals surface area contributed by atoms with Crippen molar-refractivity contribution in [3.05, 3.63) is 48.2 Å². The highest BCUT2D eigenvalue weighted by Gasteiger charge is 2.31. The first-order valence-electron chi connectivity index (χ1n) is 8.50. The molecule has 1 fully saturated rings. The average Bonchev–Trinajstić information content (AvgIpc) is 2.62. The number of hydrogen-bond acceptors (Lipinski definition) is 6. The smallest absolute Gasteiger partial charge is 0.229 e. The third-order valence-corrected chi connectivity index (χ3v) is 3.92. The second-order valence-corrected chi connectivity index (χ2v) is 6.27. The summed E-state index contributed by atoms with van der Waals surface area (Å²) in [5.74, 6) is 1.36. The van der Waals surface area contributed by atoms with Gasteiger partial charge in [0.15, 0.2) is 5.82 Å². The van der Waals surface area contributed by atoms with Crippen LogP contribution >= 0.6 is 0 Å². The Balaban J connectivity index is 1.77. The lowest BCUT2D eigenvalue weighted by atomic mass is 10.1. The lowest BCUT2D eigenvalue weighted by Gasteiger charge is -2.34. The van der Waals surface area contributed by atoms with E-state index in [0.29, 0.717) is 25.6 Å². The molecule has 7 nitrogen and oxygen atoms in total. The molecule has 25 heavy (non-hydrogen) atoms. The van der Waals surface area contributed by atoms with Gasteiger partial charge < -0.3 is 15.0 Å². The highest BCUT2D eigenvalue weighted by atomic mass is 16.5. The van der Waals surface area contributed by atoms with Crippen LogP contribution in [0.1, 0.15) is 31.4 Å². The fourth-order valence-corrected chi connectivity index (χ4v) is 2.79. The van der Waals surface area contributed by atoms with Crippen molar-refractivity contribution in [2.45, 2.75) is 32.4 Å². The van der Waals surface area contributed by atoms with Crippen LogP contribution in [-0.4, -0.2) is 51.6 Å². The standard InChI is InChI=1S/C18H23N5O2/c1-13(2)21-16-6-8-20-18(22-16)15-12-25-10-9-23(15)17(24)11-14-5-3-4-7-19-14/h3-8,13,15H,9-12H2,1-2H3,(H,20,21,22)/t15-/m1/s1. The van der Waals surface area contributed by atoms with Crippen molar-refractivity contribution in [3.63, 3.8) is 0 Å². The van der Waals surface area contributed by atoms with Gasteiger partial charge in [0, 0.05) is 30.7 Å². The van der Waals surface area contributed by atoms with Gasteiger partial charge in [-0.25, -0.2) is 9.97 Å². The number of aromatic nitrogens is 3. The third-order valence-electron chi connectivity index (χ3n) is 3.92. The highest BCUT2D eigenvalue weighted by Crippen LogP contribution is 2.23. The molecule has 1 saturated heterocycles. The number of carbonyl (C=O) groups excluding carboxylic acids is 1. The zero-order chi connectivity index (χ0) is 17.6. The van der Waals surface area contributed by atoms with Crippen LogP contribution < -0.4 is 5.32 Å². The minimum absolute atomic E-state index is 0.0119. The van der Waals surface area contributed by atoms with Crippen molar-refractivity contribution in [1.29, 1.82) is 0 Å². The molecule has 0 radical (unpaired) electrons. The molecule has 0 aliphatic carbocycles. The molecule has 1 atom stereocenters. The van der Waals surface area contributed by atoms with Gasteiger partial charge in [-0.1, -0.05) is 6.07 Å². The van der Waals surface area contributed by atoms with Gasteiger partial charge >= 0.3 is 0 Å². The monoisotopic (exact) mass is 341 g/mol. The second kappa shape index (κ2) is 8.02. The molecule has 0 saturated carbocycles. The fourth-order valence-electron chi connectivity index (χ4n) is 2.79. The third kappa shape index (κ3) is 4.51. The molecule has 1 N–H and O–H groups in total. The maximum atomic E-state index is 12.8. The topological polar surface area (TPSA) is 80.2 Å². The number of anilines is 1. The lowest BCUT2D eigenvalue weighted by Crippen LogP contribution is -2.44. The molecule has 1 aliphatic heterocycles. The Morgan fingerprint density at radius 1 is 1.32 bits per heavy atom. The number of carbonyl (C=O) groups is 1. The molecule has 7 heteroatoms. The van der Waals surface area contributed by atoms with Crippen LogP contribution in [-0.2, 0) is 16.0 Å². The van der Waals surface area contributed by atoms with Gasteiger partial charge in [-0.3, -0.25) is 9.78 Å². The maximum absolute atomic E-state index is 12.8. The van der Waals surface area contributed by atoms with E-state index < -0.39 is 0 Å². The van der Waals surface area contributed by atoms with E-state index in [9.17, 15) is 4.79 Å². The maximum Gasteiger partial charge on any atom is 0.229 e. The predicted molar refractivity (Wildman–Crippen MR) is 94.0 cm³/mol. The highest BCUT2D eigenvalue weighted by molar-refractivity contribution is 5.78. The number of hydrogen-bond donors (Lipinski definition) is 1. The summed E-state index contributed by atoms with van der Waals surface area (Å²) in [6.45, 7) is 5.55. The van der Waals surface area contributed by atoms with E-state index in [1.54, 1.807) is 17.3 Å². The number of nitrogens with one attached hydrogen (secondary N) is 1. The van der Waals surface area contributed by atoms with Crippen molar-refractivity contribution in [3.8, 4) is 0 Å². The molecular weight excluding hydrogens is 318 g/mol. The SMILES string of the molecule is CC(C)Nc1ccnc([C@H]2COCCN2C(=O)Cc2ccccn2)n1. The van der Waals surface area contributed by atoms with Crippen molar-refractivity contribution in [2.75, 3.05) is 25.1 Å². The number of rotatable bonds is 5. The molecule has 3 rings (SSSR count). The summed E-state index contributed by atoms with van der Waals surface area (Å²) in [6, 6.07) is 7.40. The van der Waals surface area contributed by atoms with Crippen LogP contribution in [0.25, 0.3) is 0 Å². The Morgan fingerprint density at radius 3 is 2.96 bits per heavy atom. The van der Waals surface area contributed by atoms with E-state index in [-0.39, 0.29) is 24.4 Å². The molecule has 1 aliphatic rings. The number of pyridine rings is 1. The molecule has 2 aromatic rings. The van der Waals surface area contributed by atoms with Crippen LogP contribution in [0.2, 0.25) is 0 Å². The number of amides is 1. The second-order valence-electron chi connectivity index (χ2n) is 6.27. The molecule has 3 heterocycles. The van der Waals surface area contributed by atoms with Crippen molar-refractivity contribution < 1.29 is 9.53 Å². The van der Waals surface area contributed by atoms with E-state index in [4.69, 9.17) is 4.74 Å². The summed E-state index contributed by atoms with van der Waals surface area (Å²) in [4.78, 5) is 27.7. The van der Waals surface area contributed by atoms with E-state index in [1.165, 1.54) is 0 Å². The molecular formula is C18H23N5O2. The van der Waals surface area contributed by atoms with Gasteiger partial charge in [0.2, 0.25) is 5.91 Å². The van der Waals surface area contributed by atoms with Crippen LogP contribution in [0.5, 0.6) is 0 Å². The van der Waals surface area contributed by atoms with Crippen LogP contribution in [0.15, 0.2) is 36.7 Å². The Morgan fingerprint density at radius 2 is 2.20 bits per heavy atom. The Labute approximate surface area is 147 Å². The Bertz CT molecular complexity index is 708. The van der Waals surface area contributed by atoms with Crippen LogP contribution in [0.3, 0.4) is 0 Å². The first-order valence-corrected chi connectivity index (χ1v) is 8.50. The molecule has 0 bridgehead atoms. The van der Waals surface area contributed by atoms with Crippen molar-refractivity contribution >= 4 is 11.7 Å². The van der Waals surface area contributed by atoms with Gasteiger partial charge in [0.25, 0.3) is 0 Å². The lowest BCUT2D eigenvalue weighted by molar-refractivity contribution is -0.139. The van der Waals surface area contributed by atoms with E-state index >= 15 is 0 Å². The van der Waals surface area contributed by atoms with Crippen molar-refractivity contribution in [1.82, 2.24) is 19.9 Å². The molecule has 1 amide bonds. The molecule has 2 aromatic heterocycles. The zero-order valence-electron chi connectivity index (χ0n) is 14.6. The Kier molecular flexibility index (Phi) is 5.55. The van der Waals surface area contributed by atoms with E-state index in [2.05, 4.69) is 20.3 Å². The molecule has 0 spiro atoms. The summed E-state index contributed by atoms with van der Waals surface area (Å²) < 4.78 is 5.58. The first-order chi connectivity index (χ1) is 12.1. The summed E-state index contributed by atoms with van der Waals surface area (Å²) in [7, 11) is 0. The van der Waals surface area contributed by atoms with E-state index in [1.807, 2.05) is 38.1 Å². The summed E-state index contributed by atoms with van der Waals surface area (Å²) in [5, 5.41) is 3.26. The number of ether oxygens (including phenoxy) is 1. The minimum Gasteiger partial charge on any atom is -0.377 e. The molecule has 132 valence electrons. The average molecular weight is 341 g/mol. The van der Waals surface area contributed by atoms with Gasteiger partial charge in [-0.15, -0.1) is 0 Å². The van der Waals surface area contributed by atoms with Gasteiger partial charge in [-0.05, 0) is 32.0 Å². The molecule has 0 aromatic carbocycles.